The summed E-state index contributed by atoms with van der Waals surface area (Å²) in [7, 11) is 0. The van der Waals surface area contributed by atoms with Gasteiger partial charge < -0.3 is 14.5 Å². The van der Waals surface area contributed by atoms with E-state index in [9.17, 15) is 4.79 Å². The van der Waals surface area contributed by atoms with Crippen LogP contribution in [0.1, 0.15) is 58.1 Å². The molecule has 0 fully saturated rings. The molecule has 4 rings (SSSR count). The molecule has 1 atom stereocenters. The normalized spacial score (nSPS) is 12.2. The number of thiocarbonyl (C=S) groups is 1. The molecule has 0 aliphatic rings. The second-order valence-corrected chi connectivity index (χ2v) is 10.6. The molecule has 2 N–H and O–H groups in total. The minimum Gasteiger partial charge on any atom is -0.484 e. The summed E-state index contributed by atoms with van der Waals surface area (Å²) in [5.41, 5.74) is 5.73. The van der Waals surface area contributed by atoms with Crippen LogP contribution in [-0.2, 0) is 10.2 Å². The zero-order valence-electron chi connectivity index (χ0n) is 21.9. The van der Waals surface area contributed by atoms with E-state index in [0.717, 1.165) is 28.8 Å². The lowest BCUT2D eigenvalue weighted by Crippen LogP contribution is -2.37. The number of oxazole rings is 1. The van der Waals surface area contributed by atoms with E-state index in [4.69, 9.17) is 21.4 Å². The van der Waals surface area contributed by atoms with Gasteiger partial charge in [-0.2, -0.15) is 0 Å². The number of amides is 1. The predicted octanol–water partition coefficient (Wildman–Crippen LogP) is 7.20. The molecule has 7 heteroatoms. The molecule has 0 radical (unpaired) electrons. The Bertz CT molecular complexity index is 1390. The number of carbonyl (C=O) groups is 1. The summed E-state index contributed by atoms with van der Waals surface area (Å²) < 4.78 is 11.5. The van der Waals surface area contributed by atoms with Crippen molar-refractivity contribution in [3.05, 3.63) is 77.9 Å². The number of carbonyl (C=O) groups excluding carboxylic acids is 1. The summed E-state index contributed by atoms with van der Waals surface area (Å²) >= 11 is 5.28. The third kappa shape index (κ3) is 6.74. The van der Waals surface area contributed by atoms with E-state index < -0.39 is 0 Å². The highest BCUT2D eigenvalue weighted by atomic mass is 32.1. The SMILES string of the molecule is CC[C@@H](C)c1ccc2oc(-c3ccc(NC(=S)NC(=O)COc4ccc(C(C)(C)C)cc4)cc3)nc2c1. The topological polar surface area (TPSA) is 76.4 Å². The van der Waals surface area contributed by atoms with Gasteiger partial charge in [-0.25, -0.2) is 4.98 Å². The fraction of sp³-hybridized carbons (Fsp3) is 0.300. The molecule has 3 aromatic carbocycles. The van der Waals surface area contributed by atoms with Crippen LogP contribution in [0.4, 0.5) is 5.69 Å². The van der Waals surface area contributed by atoms with Crippen LogP contribution in [0.15, 0.2) is 71.1 Å². The quantitative estimate of drug-likeness (QED) is 0.254. The highest BCUT2D eigenvalue weighted by molar-refractivity contribution is 7.80. The van der Waals surface area contributed by atoms with Crippen molar-refractivity contribution < 1.29 is 13.9 Å². The standard InChI is InChI=1S/C30H33N3O3S/c1-6-19(2)21-9-16-26-25(17-21)32-28(36-26)20-7-12-23(13-8-20)31-29(37)33-27(34)18-35-24-14-10-22(11-15-24)30(3,4)5/h7-17,19H,6,18H2,1-5H3,(H2,31,33,34,37)/t19-/m1/s1. The molecule has 4 aromatic rings. The van der Waals surface area contributed by atoms with Gasteiger partial charge in [-0.15, -0.1) is 0 Å². The lowest BCUT2D eigenvalue weighted by Gasteiger charge is -2.19. The minimum absolute atomic E-state index is 0.0612. The van der Waals surface area contributed by atoms with Crippen molar-refractivity contribution >= 4 is 40.0 Å². The lowest BCUT2D eigenvalue weighted by atomic mass is 9.87. The predicted molar refractivity (Wildman–Crippen MR) is 153 cm³/mol. The molecule has 37 heavy (non-hydrogen) atoms. The second-order valence-electron chi connectivity index (χ2n) is 10.2. The second kappa shape index (κ2) is 11.1. The Labute approximate surface area is 223 Å². The maximum Gasteiger partial charge on any atom is 0.264 e. The first-order chi connectivity index (χ1) is 17.6. The van der Waals surface area contributed by atoms with E-state index in [-0.39, 0.29) is 23.0 Å². The zero-order valence-corrected chi connectivity index (χ0v) is 22.7. The molecule has 0 aliphatic carbocycles. The van der Waals surface area contributed by atoms with Gasteiger partial charge in [0.25, 0.3) is 5.91 Å². The number of anilines is 1. The minimum atomic E-state index is -0.336. The number of benzene rings is 3. The molecule has 1 amide bonds. The average Bonchev–Trinajstić information content (AvgIpc) is 3.30. The van der Waals surface area contributed by atoms with Crippen LogP contribution in [0, 0.1) is 0 Å². The maximum absolute atomic E-state index is 12.3. The summed E-state index contributed by atoms with van der Waals surface area (Å²) in [5, 5.41) is 5.86. The Kier molecular flexibility index (Phi) is 7.93. The van der Waals surface area contributed by atoms with Crippen LogP contribution < -0.4 is 15.4 Å². The smallest absolute Gasteiger partial charge is 0.264 e. The summed E-state index contributed by atoms with van der Waals surface area (Å²) in [5.74, 6) is 1.34. The molecule has 192 valence electrons. The van der Waals surface area contributed by atoms with Gasteiger partial charge >= 0.3 is 0 Å². The number of fused-ring (bicyclic) bond motifs is 1. The third-order valence-corrected chi connectivity index (χ3v) is 6.53. The molecular weight excluding hydrogens is 482 g/mol. The van der Waals surface area contributed by atoms with Crippen molar-refractivity contribution in [3.63, 3.8) is 0 Å². The number of aromatic nitrogens is 1. The Balaban J connectivity index is 1.30. The molecule has 0 aliphatic heterocycles. The number of ether oxygens (including phenoxy) is 1. The van der Waals surface area contributed by atoms with E-state index >= 15 is 0 Å². The Morgan fingerprint density at radius 3 is 2.41 bits per heavy atom. The first kappa shape index (κ1) is 26.4. The van der Waals surface area contributed by atoms with Crippen LogP contribution >= 0.6 is 12.2 Å². The number of rotatable bonds is 7. The number of nitrogens with one attached hydrogen (secondary N) is 2. The van der Waals surface area contributed by atoms with Gasteiger partial charge in [-0.3, -0.25) is 10.1 Å². The van der Waals surface area contributed by atoms with Crippen LogP contribution in [0.3, 0.4) is 0 Å². The fourth-order valence-electron chi connectivity index (χ4n) is 3.83. The first-order valence-corrected chi connectivity index (χ1v) is 12.9. The van der Waals surface area contributed by atoms with Crippen LogP contribution in [-0.4, -0.2) is 22.6 Å². The van der Waals surface area contributed by atoms with E-state index in [0.29, 0.717) is 17.6 Å². The van der Waals surface area contributed by atoms with Gasteiger partial charge in [0.2, 0.25) is 5.89 Å². The van der Waals surface area contributed by atoms with Gasteiger partial charge in [0.1, 0.15) is 11.3 Å². The van der Waals surface area contributed by atoms with E-state index in [1.807, 2.05) is 54.6 Å². The van der Waals surface area contributed by atoms with Gasteiger partial charge in [-0.1, -0.05) is 52.8 Å². The van der Waals surface area contributed by atoms with Crippen molar-refractivity contribution in [1.82, 2.24) is 10.3 Å². The summed E-state index contributed by atoms with van der Waals surface area (Å²) in [4.78, 5) is 16.9. The van der Waals surface area contributed by atoms with E-state index in [1.54, 1.807) is 0 Å². The summed E-state index contributed by atoms with van der Waals surface area (Å²) in [6.07, 6.45) is 1.07. The van der Waals surface area contributed by atoms with Crippen molar-refractivity contribution in [2.45, 2.75) is 52.4 Å². The fourth-order valence-corrected chi connectivity index (χ4v) is 4.06. The molecule has 0 saturated heterocycles. The monoisotopic (exact) mass is 515 g/mol. The molecule has 1 aromatic heterocycles. The average molecular weight is 516 g/mol. The highest BCUT2D eigenvalue weighted by Gasteiger charge is 2.14. The molecular formula is C30H33N3O3S. The van der Waals surface area contributed by atoms with Crippen LogP contribution in [0.2, 0.25) is 0 Å². The van der Waals surface area contributed by atoms with Gasteiger partial charge in [0, 0.05) is 11.3 Å². The zero-order chi connectivity index (χ0) is 26.6. The molecule has 0 saturated carbocycles. The third-order valence-electron chi connectivity index (χ3n) is 6.33. The van der Waals surface area contributed by atoms with Crippen molar-refractivity contribution in [2.24, 2.45) is 0 Å². The van der Waals surface area contributed by atoms with E-state index in [2.05, 4.69) is 62.4 Å². The Morgan fingerprint density at radius 1 is 1.05 bits per heavy atom. The first-order valence-electron chi connectivity index (χ1n) is 12.5. The summed E-state index contributed by atoms with van der Waals surface area (Å²) in [6.45, 7) is 10.7. The van der Waals surface area contributed by atoms with Crippen molar-refractivity contribution in [1.29, 1.82) is 0 Å². The van der Waals surface area contributed by atoms with Gasteiger partial charge in [-0.05, 0) is 89.6 Å². The number of hydrogen-bond donors (Lipinski definition) is 2. The Hall–Kier alpha value is -3.71. The largest absolute Gasteiger partial charge is 0.484 e. The van der Waals surface area contributed by atoms with Crippen LogP contribution in [0.25, 0.3) is 22.6 Å². The molecule has 0 spiro atoms. The van der Waals surface area contributed by atoms with Gasteiger partial charge in [0.15, 0.2) is 17.3 Å². The number of nitrogens with zero attached hydrogens (tertiary/aromatic N) is 1. The molecule has 0 bridgehead atoms. The van der Waals surface area contributed by atoms with Crippen LogP contribution in [0.5, 0.6) is 5.75 Å². The number of hydrogen-bond acceptors (Lipinski definition) is 5. The highest BCUT2D eigenvalue weighted by Crippen LogP contribution is 2.28. The van der Waals surface area contributed by atoms with Crippen molar-refractivity contribution in [3.8, 4) is 17.2 Å². The Morgan fingerprint density at radius 2 is 1.76 bits per heavy atom. The lowest BCUT2D eigenvalue weighted by molar-refractivity contribution is -0.121. The summed E-state index contributed by atoms with van der Waals surface area (Å²) in [6, 6.07) is 21.5. The van der Waals surface area contributed by atoms with Crippen molar-refractivity contribution in [2.75, 3.05) is 11.9 Å². The van der Waals surface area contributed by atoms with Gasteiger partial charge in [0.05, 0.1) is 0 Å². The molecule has 0 unspecified atom stereocenters. The maximum atomic E-state index is 12.3. The van der Waals surface area contributed by atoms with E-state index in [1.165, 1.54) is 11.1 Å². The molecule has 1 heterocycles. The molecule has 6 nitrogen and oxygen atoms in total.